The monoisotopic (exact) mass is 370 g/mol. The van der Waals surface area contributed by atoms with Crippen molar-refractivity contribution in [1.82, 2.24) is 9.80 Å². The van der Waals surface area contributed by atoms with E-state index in [1.165, 1.54) is 12.1 Å². The molecule has 0 amide bonds. The molecule has 2 aliphatic heterocycles. The lowest BCUT2D eigenvalue weighted by Crippen LogP contribution is -2.45. The summed E-state index contributed by atoms with van der Waals surface area (Å²) in [5.74, 6) is 0.499. The van der Waals surface area contributed by atoms with Crippen LogP contribution in [-0.2, 0) is 6.67 Å². The molecule has 3 nitrogen and oxygen atoms in total. The Labute approximate surface area is 158 Å². The molecular formula is C22H24F2N2O. The first-order valence-electron chi connectivity index (χ1n) is 9.35. The van der Waals surface area contributed by atoms with E-state index in [0.29, 0.717) is 12.2 Å². The highest BCUT2D eigenvalue weighted by atomic mass is 19.1. The Morgan fingerprint density at radius 1 is 1.00 bits per heavy atom. The molecule has 4 rings (SSSR count). The third-order valence-corrected chi connectivity index (χ3v) is 5.37. The molecule has 5 heteroatoms. The molecule has 142 valence electrons. The van der Waals surface area contributed by atoms with Crippen molar-refractivity contribution in [2.75, 3.05) is 46.4 Å². The van der Waals surface area contributed by atoms with Gasteiger partial charge in [-0.1, -0.05) is 18.2 Å². The second kappa shape index (κ2) is 7.79. The fraction of sp³-hybridized carbons (Fsp3) is 0.364. The molecule has 27 heavy (non-hydrogen) atoms. The summed E-state index contributed by atoms with van der Waals surface area (Å²) in [5, 5.41) is 0. The summed E-state index contributed by atoms with van der Waals surface area (Å²) >= 11 is 0. The van der Waals surface area contributed by atoms with Crippen molar-refractivity contribution in [3.63, 3.8) is 0 Å². The smallest absolute Gasteiger partial charge is 0.127 e. The number of nitrogens with zero attached hydrogens (tertiary/aromatic N) is 2. The lowest BCUT2D eigenvalue weighted by atomic mass is 9.89. The van der Waals surface area contributed by atoms with Gasteiger partial charge in [0.05, 0.1) is 0 Å². The SMILES string of the molecule is CN1CCN(CC2=C(c3ccc(F)cc3)c3cc(CF)ccc3OC2)CC1. The highest BCUT2D eigenvalue weighted by Gasteiger charge is 2.24. The second-order valence-electron chi connectivity index (χ2n) is 7.32. The van der Waals surface area contributed by atoms with Gasteiger partial charge in [0.15, 0.2) is 0 Å². The molecule has 2 aromatic rings. The van der Waals surface area contributed by atoms with Crippen LogP contribution >= 0.6 is 0 Å². The average Bonchev–Trinajstić information content (AvgIpc) is 2.70. The Morgan fingerprint density at radius 3 is 2.44 bits per heavy atom. The maximum Gasteiger partial charge on any atom is 0.127 e. The van der Waals surface area contributed by atoms with Crippen LogP contribution in [0.3, 0.4) is 0 Å². The van der Waals surface area contributed by atoms with Crippen molar-refractivity contribution in [3.05, 3.63) is 70.5 Å². The van der Waals surface area contributed by atoms with Crippen molar-refractivity contribution < 1.29 is 13.5 Å². The zero-order chi connectivity index (χ0) is 18.8. The fourth-order valence-corrected chi connectivity index (χ4v) is 3.79. The lowest BCUT2D eigenvalue weighted by Gasteiger charge is -2.34. The second-order valence-corrected chi connectivity index (χ2v) is 7.32. The zero-order valence-electron chi connectivity index (χ0n) is 15.5. The van der Waals surface area contributed by atoms with E-state index in [-0.39, 0.29) is 5.82 Å². The predicted molar refractivity (Wildman–Crippen MR) is 103 cm³/mol. The Balaban J connectivity index is 1.75. The van der Waals surface area contributed by atoms with Crippen LogP contribution in [0.4, 0.5) is 8.78 Å². The van der Waals surface area contributed by atoms with E-state index < -0.39 is 6.67 Å². The molecule has 0 aliphatic carbocycles. The van der Waals surface area contributed by atoms with Gasteiger partial charge >= 0.3 is 0 Å². The zero-order valence-corrected chi connectivity index (χ0v) is 15.5. The van der Waals surface area contributed by atoms with E-state index in [9.17, 15) is 8.78 Å². The normalized spacial score (nSPS) is 18.3. The van der Waals surface area contributed by atoms with Crippen LogP contribution in [0.15, 0.2) is 48.0 Å². The quantitative estimate of drug-likeness (QED) is 0.816. The number of ether oxygens (including phenoxy) is 1. The van der Waals surface area contributed by atoms with E-state index in [1.54, 1.807) is 18.2 Å². The standard InChI is InChI=1S/C22H24F2N2O/c1-25-8-10-26(11-9-25)14-18-15-27-21-7-2-16(13-23)12-20(21)22(18)17-3-5-19(24)6-4-17/h2-7,12H,8-11,13-15H2,1H3. The van der Waals surface area contributed by atoms with Crippen LogP contribution in [0.1, 0.15) is 16.7 Å². The van der Waals surface area contributed by atoms with Gasteiger partial charge in [0.1, 0.15) is 24.8 Å². The summed E-state index contributed by atoms with van der Waals surface area (Å²) in [6.07, 6.45) is 0. The van der Waals surface area contributed by atoms with Crippen LogP contribution in [-0.4, -0.2) is 56.2 Å². The number of benzene rings is 2. The van der Waals surface area contributed by atoms with Gasteiger partial charge in [-0.3, -0.25) is 4.90 Å². The largest absolute Gasteiger partial charge is 0.489 e. The summed E-state index contributed by atoms with van der Waals surface area (Å²) in [5.41, 5.74) is 4.67. The number of alkyl halides is 1. The molecule has 0 N–H and O–H groups in total. The van der Waals surface area contributed by atoms with Crippen LogP contribution < -0.4 is 4.74 Å². The van der Waals surface area contributed by atoms with E-state index in [0.717, 1.165) is 60.7 Å². The first-order valence-corrected chi connectivity index (χ1v) is 9.35. The Bertz CT molecular complexity index is 840. The summed E-state index contributed by atoms with van der Waals surface area (Å²) in [7, 11) is 2.14. The maximum atomic E-state index is 13.5. The summed E-state index contributed by atoms with van der Waals surface area (Å²) in [6, 6.07) is 12.0. The number of hydrogen-bond acceptors (Lipinski definition) is 3. The highest BCUT2D eigenvalue weighted by molar-refractivity contribution is 5.86. The molecular weight excluding hydrogens is 346 g/mol. The number of likely N-dealkylation sites (N-methyl/N-ethyl adjacent to an activating group) is 1. The molecule has 1 saturated heterocycles. The van der Waals surface area contributed by atoms with Crippen molar-refractivity contribution in [1.29, 1.82) is 0 Å². The number of fused-ring (bicyclic) bond motifs is 1. The molecule has 1 fully saturated rings. The van der Waals surface area contributed by atoms with E-state index in [2.05, 4.69) is 16.8 Å². The first kappa shape index (κ1) is 18.1. The third kappa shape index (κ3) is 3.89. The summed E-state index contributed by atoms with van der Waals surface area (Å²) < 4.78 is 32.7. The molecule has 2 aliphatic rings. The molecule has 0 unspecified atom stereocenters. The molecule has 0 atom stereocenters. The molecule has 2 aromatic carbocycles. The number of hydrogen-bond donors (Lipinski definition) is 0. The first-order chi connectivity index (χ1) is 13.1. The van der Waals surface area contributed by atoms with Crippen molar-refractivity contribution >= 4 is 5.57 Å². The maximum absolute atomic E-state index is 13.5. The topological polar surface area (TPSA) is 15.7 Å². The average molecular weight is 370 g/mol. The fourth-order valence-electron chi connectivity index (χ4n) is 3.79. The minimum atomic E-state index is -0.516. The molecule has 0 spiro atoms. The van der Waals surface area contributed by atoms with Crippen molar-refractivity contribution in [3.8, 4) is 5.75 Å². The molecule has 0 aromatic heterocycles. The summed E-state index contributed by atoms with van der Waals surface area (Å²) in [6.45, 7) is 4.89. The van der Waals surface area contributed by atoms with Gasteiger partial charge in [-0.05, 0) is 53.6 Å². The van der Waals surface area contributed by atoms with E-state index >= 15 is 0 Å². The van der Waals surface area contributed by atoms with E-state index in [4.69, 9.17) is 4.74 Å². The van der Waals surface area contributed by atoms with Gasteiger partial charge in [0.25, 0.3) is 0 Å². The molecule has 2 heterocycles. The van der Waals surface area contributed by atoms with Crippen molar-refractivity contribution in [2.45, 2.75) is 6.67 Å². The lowest BCUT2D eigenvalue weighted by molar-refractivity contribution is 0.160. The number of rotatable bonds is 4. The van der Waals surface area contributed by atoms with Gasteiger partial charge in [0, 0.05) is 38.3 Å². The summed E-state index contributed by atoms with van der Waals surface area (Å²) in [4.78, 5) is 4.75. The number of halogens is 2. The molecule has 0 radical (unpaired) electrons. The molecule has 0 saturated carbocycles. The van der Waals surface area contributed by atoms with Crippen LogP contribution in [0.5, 0.6) is 5.75 Å². The van der Waals surface area contributed by atoms with Crippen LogP contribution in [0.25, 0.3) is 5.57 Å². The Kier molecular flexibility index (Phi) is 5.23. The van der Waals surface area contributed by atoms with Gasteiger partial charge in [0.2, 0.25) is 0 Å². The Morgan fingerprint density at radius 2 is 1.74 bits per heavy atom. The van der Waals surface area contributed by atoms with Gasteiger partial charge in [-0.15, -0.1) is 0 Å². The van der Waals surface area contributed by atoms with E-state index in [1.807, 2.05) is 12.1 Å². The molecule has 0 bridgehead atoms. The minimum absolute atomic E-state index is 0.259. The predicted octanol–water partition coefficient (Wildman–Crippen LogP) is 3.74. The van der Waals surface area contributed by atoms with Gasteiger partial charge in [-0.2, -0.15) is 0 Å². The Hall–Kier alpha value is -2.24. The minimum Gasteiger partial charge on any atom is -0.489 e. The van der Waals surface area contributed by atoms with Crippen molar-refractivity contribution in [2.24, 2.45) is 0 Å². The van der Waals surface area contributed by atoms with Gasteiger partial charge in [-0.25, -0.2) is 8.78 Å². The van der Waals surface area contributed by atoms with Crippen LogP contribution in [0, 0.1) is 5.82 Å². The highest BCUT2D eigenvalue weighted by Crippen LogP contribution is 2.38. The third-order valence-electron chi connectivity index (χ3n) is 5.37. The van der Waals surface area contributed by atoms with Crippen LogP contribution in [0.2, 0.25) is 0 Å². The van der Waals surface area contributed by atoms with Gasteiger partial charge < -0.3 is 9.64 Å². The number of piperazine rings is 1.